The van der Waals surface area contributed by atoms with E-state index in [9.17, 15) is 0 Å². The molecule has 8 heavy (non-hydrogen) atoms. The van der Waals surface area contributed by atoms with Crippen LogP contribution in [0.25, 0.3) is 0 Å². The number of rotatable bonds is 1. The van der Waals surface area contributed by atoms with Gasteiger partial charge in [0.2, 0.25) is 0 Å². The largest absolute Gasteiger partial charge is 0.207 e. The van der Waals surface area contributed by atoms with Crippen molar-refractivity contribution in [1.82, 2.24) is 0 Å². The zero-order chi connectivity index (χ0) is 6.62. The van der Waals surface area contributed by atoms with Gasteiger partial charge < -0.3 is 0 Å². The second-order valence-electron chi connectivity index (χ2n) is 2.33. The van der Waals surface area contributed by atoms with Gasteiger partial charge in [0.25, 0.3) is 0 Å². The molecule has 0 rings (SSSR count). The van der Waals surface area contributed by atoms with Gasteiger partial charge in [-0.3, -0.25) is 0 Å². The second kappa shape index (κ2) is 2.49. The van der Waals surface area contributed by atoms with Crippen molar-refractivity contribution in [1.29, 1.82) is 10.5 Å². The number of nitrogens with zero attached hydrogens (tertiary/aromatic N) is 2. The minimum Gasteiger partial charge on any atom is -0.207 e. The van der Waals surface area contributed by atoms with Crippen LogP contribution in [0.1, 0.15) is 0 Å². The van der Waals surface area contributed by atoms with Gasteiger partial charge in [-0.2, -0.15) is 5.26 Å². The normalized spacial score (nSPS) is 9.50. The Morgan fingerprint density at radius 3 is 2.00 bits per heavy atom. The summed E-state index contributed by atoms with van der Waals surface area (Å²) in [6, 6.07) is 2.45. The Morgan fingerprint density at radius 2 is 1.88 bits per heavy atom. The van der Waals surface area contributed by atoms with E-state index in [0.29, 0.717) is 6.04 Å². The SMILES string of the molecule is C[Si](C)(C#N)CC#N. The molecule has 0 aliphatic carbocycles. The molecule has 0 heterocycles. The van der Waals surface area contributed by atoms with Gasteiger partial charge in [-0.1, -0.05) is 13.1 Å². The van der Waals surface area contributed by atoms with E-state index in [4.69, 9.17) is 10.5 Å². The third-order valence-corrected chi connectivity index (χ3v) is 2.47. The Kier molecular flexibility index (Phi) is 2.24. The average Bonchev–Trinajstić information content (AvgIpc) is 1.67. The zero-order valence-electron chi connectivity index (χ0n) is 5.10. The monoisotopic (exact) mass is 124 g/mol. The summed E-state index contributed by atoms with van der Waals surface area (Å²) in [5.74, 6) is 0. The van der Waals surface area contributed by atoms with Crippen LogP contribution in [0.2, 0.25) is 19.1 Å². The van der Waals surface area contributed by atoms with Crippen molar-refractivity contribution in [2.24, 2.45) is 0 Å². The van der Waals surface area contributed by atoms with E-state index >= 15 is 0 Å². The fraction of sp³-hybridized carbons (Fsp3) is 0.600. The standard InChI is InChI=1S/C5H8N2Si/c1-8(2,5-7)4-3-6/h4H2,1-2H3. The van der Waals surface area contributed by atoms with Crippen molar-refractivity contribution in [3.63, 3.8) is 0 Å². The topological polar surface area (TPSA) is 47.6 Å². The summed E-state index contributed by atoms with van der Waals surface area (Å²) in [4.78, 5) is 0. The third-order valence-electron chi connectivity index (χ3n) is 0.824. The van der Waals surface area contributed by atoms with Gasteiger partial charge >= 0.3 is 0 Å². The van der Waals surface area contributed by atoms with Gasteiger partial charge in [0.1, 0.15) is 0 Å². The van der Waals surface area contributed by atoms with Crippen LogP contribution >= 0.6 is 0 Å². The van der Waals surface area contributed by atoms with Crippen molar-refractivity contribution in [2.75, 3.05) is 0 Å². The van der Waals surface area contributed by atoms with Crippen molar-refractivity contribution in [3.8, 4) is 11.8 Å². The van der Waals surface area contributed by atoms with Gasteiger partial charge in [-0.25, -0.2) is 5.26 Å². The third kappa shape index (κ3) is 2.38. The molecule has 0 atom stereocenters. The predicted octanol–water partition coefficient (Wildman–Crippen LogP) is 1.28. The molecule has 3 heteroatoms. The van der Waals surface area contributed by atoms with E-state index in [1.54, 1.807) is 0 Å². The minimum atomic E-state index is -1.73. The van der Waals surface area contributed by atoms with Gasteiger partial charge in [-0.05, 0) is 0 Å². The van der Waals surface area contributed by atoms with E-state index in [1.165, 1.54) is 0 Å². The quantitative estimate of drug-likeness (QED) is 0.494. The number of hydrogen-bond donors (Lipinski definition) is 0. The fourth-order valence-electron chi connectivity index (χ4n) is 0.237. The molecule has 0 fully saturated rings. The summed E-state index contributed by atoms with van der Waals surface area (Å²) in [6.45, 7) is 3.77. The molecule has 0 spiro atoms. The lowest BCUT2D eigenvalue weighted by molar-refractivity contribution is 1.43. The molecule has 0 amide bonds. The summed E-state index contributed by atoms with van der Waals surface area (Å²) >= 11 is 0. The maximum absolute atomic E-state index is 8.39. The average molecular weight is 124 g/mol. The zero-order valence-corrected chi connectivity index (χ0v) is 6.10. The smallest absolute Gasteiger partial charge is 0.181 e. The summed E-state index contributed by atoms with van der Waals surface area (Å²) < 4.78 is 0. The van der Waals surface area contributed by atoms with Crippen LogP contribution in [0.4, 0.5) is 0 Å². The highest BCUT2D eigenvalue weighted by Gasteiger charge is 2.19. The van der Waals surface area contributed by atoms with Crippen LogP contribution in [0.15, 0.2) is 0 Å². The van der Waals surface area contributed by atoms with E-state index in [1.807, 2.05) is 19.2 Å². The molecule has 0 unspecified atom stereocenters. The molecule has 0 saturated carbocycles. The summed E-state index contributed by atoms with van der Waals surface area (Å²) in [5, 5.41) is 16.6. The van der Waals surface area contributed by atoms with Crippen molar-refractivity contribution in [3.05, 3.63) is 0 Å². The fourth-order valence-corrected chi connectivity index (χ4v) is 0.712. The van der Waals surface area contributed by atoms with Gasteiger partial charge in [-0.15, -0.1) is 0 Å². The first-order valence-electron chi connectivity index (χ1n) is 2.40. The second-order valence-corrected chi connectivity index (χ2v) is 6.68. The van der Waals surface area contributed by atoms with E-state index in [-0.39, 0.29) is 0 Å². The van der Waals surface area contributed by atoms with Crippen LogP contribution in [0.5, 0.6) is 0 Å². The van der Waals surface area contributed by atoms with Crippen LogP contribution < -0.4 is 0 Å². The van der Waals surface area contributed by atoms with E-state index in [0.717, 1.165) is 0 Å². The molecule has 0 aliphatic rings. The van der Waals surface area contributed by atoms with Gasteiger partial charge in [0.15, 0.2) is 8.07 Å². The predicted molar refractivity (Wildman–Crippen MR) is 33.5 cm³/mol. The molecule has 0 radical (unpaired) electrons. The van der Waals surface area contributed by atoms with E-state index in [2.05, 4.69) is 5.69 Å². The molecule has 0 N–H and O–H groups in total. The summed E-state index contributed by atoms with van der Waals surface area (Å²) in [6.07, 6.45) is 0. The van der Waals surface area contributed by atoms with Crippen LogP contribution in [0, 0.1) is 22.3 Å². The lowest BCUT2D eigenvalue weighted by Crippen LogP contribution is -2.21. The first-order valence-corrected chi connectivity index (χ1v) is 5.61. The van der Waals surface area contributed by atoms with Crippen LogP contribution in [-0.2, 0) is 0 Å². The maximum atomic E-state index is 8.39. The Hall–Kier alpha value is -0.803. The molecule has 0 saturated heterocycles. The van der Waals surface area contributed by atoms with Gasteiger partial charge in [0.05, 0.1) is 6.07 Å². The van der Waals surface area contributed by atoms with Crippen LogP contribution in [0.3, 0.4) is 0 Å². The van der Waals surface area contributed by atoms with Crippen LogP contribution in [-0.4, -0.2) is 8.07 Å². The molecule has 0 aliphatic heterocycles. The highest BCUT2D eigenvalue weighted by Crippen LogP contribution is 2.04. The Bertz CT molecular complexity index is 149. The molecule has 42 valence electrons. The lowest BCUT2D eigenvalue weighted by Gasteiger charge is -2.02. The summed E-state index contributed by atoms with van der Waals surface area (Å²) in [5.41, 5.74) is 2.16. The first-order chi connectivity index (χ1) is 3.62. The minimum absolute atomic E-state index is 0.448. The molecule has 0 aromatic carbocycles. The van der Waals surface area contributed by atoms with Crippen molar-refractivity contribution in [2.45, 2.75) is 19.1 Å². The molecular formula is C5H8N2Si. The molecule has 0 aromatic heterocycles. The Labute approximate surface area is 50.4 Å². The Morgan fingerprint density at radius 1 is 1.38 bits per heavy atom. The van der Waals surface area contributed by atoms with Crippen molar-refractivity contribution >= 4 is 8.07 Å². The highest BCUT2D eigenvalue weighted by molar-refractivity contribution is 6.85. The van der Waals surface area contributed by atoms with E-state index < -0.39 is 8.07 Å². The lowest BCUT2D eigenvalue weighted by atomic mass is 10.9. The first kappa shape index (κ1) is 7.20. The van der Waals surface area contributed by atoms with Gasteiger partial charge in [0, 0.05) is 11.7 Å². The molecule has 2 nitrogen and oxygen atoms in total. The maximum Gasteiger partial charge on any atom is 0.181 e. The molecule has 0 aromatic rings. The Balaban J connectivity index is 3.82. The highest BCUT2D eigenvalue weighted by atomic mass is 28.3. The molecule has 0 bridgehead atoms. The number of nitriles is 2. The number of hydrogen-bond acceptors (Lipinski definition) is 2. The van der Waals surface area contributed by atoms with Crippen molar-refractivity contribution < 1.29 is 0 Å². The summed E-state index contributed by atoms with van der Waals surface area (Å²) in [7, 11) is -1.73. The molecular weight excluding hydrogens is 116 g/mol.